The Hall–Kier alpha value is -0.810. The maximum Gasteiger partial charge on any atom is 0.122 e. The molecule has 1 rings (SSSR count). The lowest BCUT2D eigenvalue weighted by molar-refractivity contribution is 0.0542. The van der Waals surface area contributed by atoms with E-state index in [-0.39, 0.29) is 6.04 Å². The molecule has 0 heterocycles. The van der Waals surface area contributed by atoms with Gasteiger partial charge >= 0.3 is 0 Å². The van der Waals surface area contributed by atoms with Gasteiger partial charge in [-0.1, -0.05) is 11.6 Å². The minimum absolute atomic E-state index is 0.0683. The van der Waals surface area contributed by atoms with E-state index >= 15 is 0 Å². The van der Waals surface area contributed by atoms with Crippen molar-refractivity contribution in [2.24, 2.45) is 5.73 Å². The average molecular weight is 288 g/mol. The highest BCUT2D eigenvalue weighted by molar-refractivity contribution is 6.30. The van der Waals surface area contributed by atoms with Crippen LogP contribution in [0.1, 0.15) is 12.5 Å². The van der Waals surface area contributed by atoms with Crippen LogP contribution in [0.4, 0.5) is 0 Å². The molecule has 108 valence electrons. The highest BCUT2D eigenvalue weighted by atomic mass is 35.5. The Bertz CT molecular complexity index is 372. The molecule has 0 bridgehead atoms. The first kappa shape index (κ1) is 16.2. The second-order valence-corrected chi connectivity index (χ2v) is 4.82. The van der Waals surface area contributed by atoms with Crippen molar-refractivity contribution in [2.75, 3.05) is 33.5 Å². The number of nitrogens with two attached hydrogens (primary N) is 1. The van der Waals surface area contributed by atoms with Gasteiger partial charge in [-0.15, -0.1) is 0 Å². The maximum atomic E-state index is 5.98. The average Bonchev–Trinajstić information content (AvgIpc) is 2.35. The third-order valence-corrected chi connectivity index (χ3v) is 2.72. The molecule has 0 radical (unpaired) electrons. The summed E-state index contributed by atoms with van der Waals surface area (Å²) >= 11 is 5.98. The van der Waals surface area contributed by atoms with Crippen LogP contribution in [0.5, 0.6) is 5.75 Å². The molecule has 4 nitrogen and oxygen atoms in total. The molecular weight excluding hydrogens is 266 g/mol. The molecule has 0 amide bonds. The van der Waals surface area contributed by atoms with Gasteiger partial charge in [0.2, 0.25) is 0 Å². The molecule has 0 aliphatic rings. The molecule has 19 heavy (non-hydrogen) atoms. The highest BCUT2D eigenvalue weighted by Crippen LogP contribution is 2.24. The van der Waals surface area contributed by atoms with E-state index in [1.807, 2.05) is 25.1 Å². The molecule has 0 spiro atoms. The molecular formula is C14H22ClNO3. The van der Waals surface area contributed by atoms with Crippen LogP contribution in [-0.4, -0.2) is 39.6 Å². The monoisotopic (exact) mass is 287 g/mol. The van der Waals surface area contributed by atoms with Crippen molar-refractivity contribution in [3.05, 3.63) is 28.8 Å². The minimum atomic E-state index is 0.0683. The van der Waals surface area contributed by atoms with E-state index in [0.717, 1.165) is 17.7 Å². The summed E-state index contributed by atoms with van der Waals surface area (Å²) in [6, 6.07) is 5.65. The quantitative estimate of drug-likeness (QED) is 0.708. The predicted molar refractivity (Wildman–Crippen MR) is 77.0 cm³/mol. The number of ether oxygens (including phenoxy) is 3. The van der Waals surface area contributed by atoms with E-state index in [0.29, 0.717) is 31.5 Å². The Morgan fingerprint density at radius 3 is 2.63 bits per heavy atom. The Kier molecular flexibility index (Phi) is 7.82. The lowest BCUT2D eigenvalue weighted by atomic mass is 10.1. The second-order valence-electron chi connectivity index (χ2n) is 4.39. The first-order valence-corrected chi connectivity index (χ1v) is 6.74. The fourth-order valence-corrected chi connectivity index (χ4v) is 1.84. The van der Waals surface area contributed by atoms with Crippen molar-refractivity contribution < 1.29 is 14.2 Å². The molecule has 1 unspecified atom stereocenters. The van der Waals surface area contributed by atoms with Gasteiger partial charge in [-0.05, 0) is 37.1 Å². The number of benzene rings is 1. The Balaban J connectivity index is 2.43. The van der Waals surface area contributed by atoms with Gasteiger partial charge in [-0.25, -0.2) is 0 Å². The van der Waals surface area contributed by atoms with Crippen molar-refractivity contribution in [3.8, 4) is 5.75 Å². The summed E-state index contributed by atoms with van der Waals surface area (Å²) in [7, 11) is 1.65. The molecule has 0 saturated heterocycles. The molecule has 2 N–H and O–H groups in total. The van der Waals surface area contributed by atoms with Crippen LogP contribution >= 0.6 is 11.6 Å². The van der Waals surface area contributed by atoms with E-state index in [4.69, 9.17) is 31.5 Å². The Labute approximate surface area is 119 Å². The number of methoxy groups -OCH3 is 1. The van der Waals surface area contributed by atoms with Gasteiger partial charge in [-0.3, -0.25) is 0 Å². The largest absolute Gasteiger partial charge is 0.491 e. The van der Waals surface area contributed by atoms with Gasteiger partial charge in [0.1, 0.15) is 12.4 Å². The minimum Gasteiger partial charge on any atom is -0.491 e. The smallest absolute Gasteiger partial charge is 0.122 e. The SMILES string of the molecule is COCCOCCOc1ccc(Cl)cc1CC(C)N. The summed E-state index contributed by atoms with van der Waals surface area (Å²) in [4.78, 5) is 0. The number of rotatable bonds is 9. The van der Waals surface area contributed by atoms with Crippen LogP contribution in [0.15, 0.2) is 18.2 Å². The molecule has 1 aromatic carbocycles. The topological polar surface area (TPSA) is 53.7 Å². The fraction of sp³-hybridized carbons (Fsp3) is 0.571. The molecule has 0 fully saturated rings. The summed E-state index contributed by atoms with van der Waals surface area (Å²) in [5.41, 5.74) is 6.84. The van der Waals surface area contributed by atoms with Crippen molar-refractivity contribution in [1.29, 1.82) is 0 Å². The van der Waals surface area contributed by atoms with Gasteiger partial charge in [0.25, 0.3) is 0 Å². The molecule has 0 aliphatic carbocycles. The van der Waals surface area contributed by atoms with E-state index in [2.05, 4.69) is 0 Å². The van der Waals surface area contributed by atoms with Crippen molar-refractivity contribution in [1.82, 2.24) is 0 Å². The summed E-state index contributed by atoms with van der Waals surface area (Å²) in [5.74, 6) is 0.817. The van der Waals surface area contributed by atoms with Crippen LogP contribution in [0, 0.1) is 0 Å². The predicted octanol–water partition coefficient (Wildman–Crippen LogP) is 2.27. The van der Waals surface area contributed by atoms with Crippen LogP contribution in [-0.2, 0) is 15.9 Å². The molecule has 1 atom stereocenters. The fourth-order valence-electron chi connectivity index (χ4n) is 1.65. The molecule has 5 heteroatoms. The molecule has 0 aromatic heterocycles. The second kappa shape index (κ2) is 9.15. The number of hydrogen-bond donors (Lipinski definition) is 1. The van der Waals surface area contributed by atoms with E-state index in [9.17, 15) is 0 Å². The van der Waals surface area contributed by atoms with Crippen molar-refractivity contribution in [2.45, 2.75) is 19.4 Å². The van der Waals surface area contributed by atoms with E-state index in [1.165, 1.54) is 0 Å². The highest BCUT2D eigenvalue weighted by Gasteiger charge is 2.07. The van der Waals surface area contributed by atoms with Crippen LogP contribution in [0.2, 0.25) is 5.02 Å². The lowest BCUT2D eigenvalue weighted by Gasteiger charge is -2.13. The standard InChI is InChI=1S/C14H22ClNO3/c1-11(16)9-12-10-13(15)3-4-14(12)19-8-7-18-6-5-17-2/h3-4,10-11H,5-9,16H2,1-2H3. The summed E-state index contributed by atoms with van der Waals surface area (Å²) in [5, 5.41) is 0.694. The summed E-state index contributed by atoms with van der Waals surface area (Å²) in [6.07, 6.45) is 0.737. The molecule has 0 aliphatic heterocycles. The van der Waals surface area contributed by atoms with Gasteiger partial charge in [0.15, 0.2) is 0 Å². The van der Waals surface area contributed by atoms with Crippen LogP contribution < -0.4 is 10.5 Å². The normalized spacial score (nSPS) is 12.4. The van der Waals surface area contributed by atoms with Crippen LogP contribution in [0.25, 0.3) is 0 Å². The third-order valence-electron chi connectivity index (χ3n) is 2.48. The zero-order valence-corrected chi connectivity index (χ0v) is 12.3. The summed E-state index contributed by atoms with van der Waals surface area (Å²) in [6.45, 7) is 4.16. The number of hydrogen-bond acceptors (Lipinski definition) is 4. The lowest BCUT2D eigenvalue weighted by Crippen LogP contribution is -2.18. The van der Waals surface area contributed by atoms with Gasteiger partial charge in [-0.2, -0.15) is 0 Å². The molecule has 0 saturated carbocycles. The van der Waals surface area contributed by atoms with E-state index < -0.39 is 0 Å². The van der Waals surface area contributed by atoms with Crippen LogP contribution in [0.3, 0.4) is 0 Å². The Morgan fingerprint density at radius 1 is 1.21 bits per heavy atom. The van der Waals surface area contributed by atoms with Crippen molar-refractivity contribution in [3.63, 3.8) is 0 Å². The first-order chi connectivity index (χ1) is 9.13. The molecule has 1 aromatic rings. The zero-order valence-electron chi connectivity index (χ0n) is 11.5. The third kappa shape index (κ3) is 6.78. The maximum absolute atomic E-state index is 5.98. The number of halogens is 1. The van der Waals surface area contributed by atoms with Gasteiger partial charge in [0.05, 0.1) is 19.8 Å². The zero-order chi connectivity index (χ0) is 14.1. The summed E-state index contributed by atoms with van der Waals surface area (Å²) < 4.78 is 15.9. The van der Waals surface area contributed by atoms with Crippen molar-refractivity contribution >= 4 is 11.6 Å². The van der Waals surface area contributed by atoms with Gasteiger partial charge in [0, 0.05) is 18.2 Å². The Morgan fingerprint density at radius 2 is 1.95 bits per heavy atom. The first-order valence-electron chi connectivity index (χ1n) is 6.37. The van der Waals surface area contributed by atoms with Gasteiger partial charge < -0.3 is 19.9 Å². The van der Waals surface area contributed by atoms with E-state index in [1.54, 1.807) is 7.11 Å².